The van der Waals surface area contributed by atoms with Crippen molar-refractivity contribution in [3.05, 3.63) is 32.4 Å². The Balaban J connectivity index is 1.81. The number of anilines is 1. The third-order valence-electron chi connectivity index (χ3n) is 2.89. The van der Waals surface area contributed by atoms with Gasteiger partial charge in [-0.1, -0.05) is 25.4 Å². The lowest BCUT2D eigenvalue weighted by Gasteiger charge is -2.04. The number of thiazole rings is 1. The third-order valence-corrected chi connectivity index (χ3v) is 4.97. The molecular formula is C15H17ClN2O3S2. The monoisotopic (exact) mass is 372 g/mol. The fourth-order valence-corrected chi connectivity index (χ4v) is 3.33. The molecule has 0 spiro atoms. The van der Waals surface area contributed by atoms with Crippen LogP contribution in [-0.4, -0.2) is 29.9 Å². The molecule has 0 unspecified atom stereocenters. The first-order valence-corrected chi connectivity index (χ1v) is 9.18. The molecule has 124 valence electrons. The molecule has 0 amide bonds. The minimum atomic E-state index is -0.603. The van der Waals surface area contributed by atoms with E-state index in [0.717, 1.165) is 24.3 Å². The lowest BCUT2D eigenvalue weighted by Crippen LogP contribution is -2.14. The van der Waals surface area contributed by atoms with Crippen molar-refractivity contribution in [3.63, 3.8) is 0 Å². The summed E-state index contributed by atoms with van der Waals surface area (Å²) in [5.74, 6) is -0.279. The van der Waals surface area contributed by atoms with E-state index >= 15 is 0 Å². The summed E-state index contributed by atoms with van der Waals surface area (Å²) in [4.78, 5) is 28.4. The first-order chi connectivity index (χ1) is 11.0. The smallest absolute Gasteiger partial charge is 0.358 e. The summed E-state index contributed by atoms with van der Waals surface area (Å²) in [6.07, 6.45) is 1.03. The maximum absolute atomic E-state index is 11.9. The van der Waals surface area contributed by atoms with Gasteiger partial charge in [-0.15, -0.1) is 22.7 Å². The topological polar surface area (TPSA) is 68.3 Å². The van der Waals surface area contributed by atoms with Crippen LogP contribution in [0, 0.1) is 5.92 Å². The molecule has 2 aromatic heterocycles. The lowest BCUT2D eigenvalue weighted by atomic mass is 10.1. The Hall–Kier alpha value is -1.44. The summed E-state index contributed by atoms with van der Waals surface area (Å²) in [5, 5.41) is 5.46. The number of hydrogen-bond donors (Lipinski definition) is 1. The van der Waals surface area contributed by atoms with Crippen LogP contribution in [0.2, 0.25) is 4.34 Å². The van der Waals surface area contributed by atoms with Crippen molar-refractivity contribution in [2.24, 2.45) is 5.92 Å². The molecule has 0 saturated heterocycles. The number of thiophene rings is 1. The number of hydrogen-bond acceptors (Lipinski definition) is 7. The van der Waals surface area contributed by atoms with Gasteiger partial charge in [-0.3, -0.25) is 4.79 Å². The molecule has 23 heavy (non-hydrogen) atoms. The van der Waals surface area contributed by atoms with E-state index in [1.807, 2.05) is 0 Å². The molecular weight excluding hydrogens is 356 g/mol. The molecule has 0 atom stereocenters. The van der Waals surface area contributed by atoms with Gasteiger partial charge in [0.1, 0.15) is 0 Å². The van der Waals surface area contributed by atoms with Crippen LogP contribution < -0.4 is 5.32 Å². The fraction of sp³-hybridized carbons (Fsp3) is 0.400. The molecule has 0 aliphatic rings. The highest BCUT2D eigenvalue weighted by atomic mass is 35.5. The number of nitrogens with one attached hydrogen (secondary N) is 1. The van der Waals surface area contributed by atoms with Gasteiger partial charge < -0.3 is 10.1 Å². The number of Topliss-reactive ketones (excluding diaryl/α,β-unsaturated/α-hetero) is 1. The van der Waals surface area contributed by atoms with E-state index in [-0.39, 0.29) is 18.1 Å². The molecule has 5 nitrogen and oxygen atoms in total. The molecule has 8 heteroatoms. The first kappa shape index (κ1) is 17.9. The summed E-state index contributed by atoms with van der Waals surface area (Å²) in [7, 11) is 0. The van der Waals surface area contributed by atoms with Crippen LogP contribution in [0.5, 0.6) is 0 Å². The Kier molecular flexibility index (Phi) is 6.56. The van der Waals surface area contributed by atoms with Crippen LogP contribution in [0.1, 0.15) is 40.4 Å². The van der Waals surface area contributed by atoms with Gasteiger partial charge in [0.2, 0.25) is 5.78 Å². The van der Waals surface area contributed by atoms with Gasteiger partial charge in [-0.2, -0.15) is 0 Å². The zero-order valence-corrected chi connectivity index (χ0v) is 15.2. The van der Waals surface area contributed by atoms with Crippen molar-refractivity contribution in [1.29, 1.82) is 0 Å². The number of halogens is 1. The summed E-state index contributed by atoms with van der Waals surface area (Å²) < 4.78 is 5.53. The summed E-state index contributed by atoms with van der Waals surface area (Å²) in [6.45, 7) is 4.77. The van der Waals surface area contributed by atoms with E-state index in [1.165, 1.54) is 11.3 Å². The molecule has 0 radical (unpaired) electrons. The maximum atomic E-state index is 11.9. The Labute approximate surface area is 147 Å². The Morgan fingerprint density at radius 2 is 2.17 bits per heavy atom. The van der Waals surface area contributed by atoms with Crippen LogP contribution in [0.4, 0.5) is 5.13 Å². The second kappa shape index (κ2) is 8.42. The third kappa shape index (κ3) is 5.60. The van der Waals surface area contributed by atoms with Crippen LogP contribution in [-0.2, 0) is 4.74 Å². The minimum absolute atomic E-state index is 0.207. The van der Waals surface area contributed by atoms with Gasteiger partial charge >= 0.3 is 5.97 Å². The van der Waals surface area contributed by atoms with Crippen molar-refractivity contribution < 1.29 is 14.3 Å². The maximum Gasteiger partial charge on any atom is 0.358 e. The molecule has 2 rings (SSSR count). The second-order valence-electron chi connectivity index (χ2n) is 5.25. The number of nitrogens with zero attached hydrogens (tertiary/aromatic N) is 1. The van der Waals surface area contributed by atoms with Crippen LogP contribution in [0.3, 0.4) is 0 Å². The largest absolute Gasteiger partial charge is 0.453 e. The zero-order chi connectivity index (χ0) is 16.8. The Morgan fingerprint density at radius 1 is 1.39 bits per heavy atom. The molecule has 1 N–H and O–H groups in total. The van der Waals surface area contributed by atoms with E-state index in [9.17, 15) is 9.59 Å². The SMILES string of the molecule is CC(C)CCNc1nc(C(=O)OCC(=O)c2ccc(Cl)s2)cs1. The van der Waals surface area contributed by atoms with Gasteiger partial charge in [0.25, 0.3) is 0 Å². The van der Waals surface area contributed by atoms with E-state index in [1.54, 1.807) is 17.5 Å². The molecule has 0 aliphatic carbocycles. The number of ether oxygens (including phenoxy) is 1. The molecule has 0 bridgehead atoms. The average Bonchev–Trinajstić information content (AvgIpc) is 3.13. The van der Waals surface area contributed by atoms with Gasteiger partial charge in [-0.25, -0.2) is 9.78 Å². The number of rotatable bonds is 8. The van der Waals surface area contributed by atoms with Crippen molar-refractivity contribution in [2.75, 3.05) is 18.5 Å². The van der Waals surface area contributed by atoms with Crippen LogP contribution in [0.25, 0.3) is 0 Å². The van der Waals surface area contributed by atoms with Crippen molar-refractivity contribution in [2.45, 2.75) is 20.3 Å². The van der Waals surface area contributed by atoms with Crippen LogP contribution in [0.15, 0.2) is 17.5 Å². The minimum Gasteiger partial charge on any atom is -0.453 e. The zero-order valence-electron chi connectivity index (χ0n) is 12.8. The number of carbonyl (C=O) groups excluding carboxylic acids is 2. The molecule has 2 heterocycles. The average molecular weight is 373 g/mol. The van der Waals surface area contributed by atoms with Gasteiger partial charge in [0.05, 0.1) is 9.21 Å². The molecule has 0 saturated carbocycles. The molecule has 2 aromatic rings. The normalized spacial score (nSPS) is 10.8. The predicted molar refractivity (Wildman–Crippen MR) is 94.0 cm³/mol. The highest BCUT2D eigenvalue weighted by Crippen LogP contribution is 2.22. The van der Waals surface area contributed by atoms with E-state index in [0.29, 0.717) is 20.3 Å². The summed E-state index contributed by atoms with van der Waals surface area (Å²) in [6, 6.07) is 3.25. The van der Waals surface area contributed by atoms with Gasteiger partial charge in [0, 0.05) is 11.9 Å². The van der Waals surface area contributed by atoms with Crippen LogP contribution >= 0.6 is 34.3 Å². The summed E-state index contributed by atoms with van der Waals surface area (Å²) in [5.41, 5.74) is 0.207. The van der Waals surface area contributed by atoms with E-state index < -0.39 is 5.97 Å². The van der Waals surface area contributed by atoms with Gasteiger partial charge in [0.15, 0.2) is 17.4 Å². The highest BCUT2D eigenvalue weighted by molar-refractivity contribution is 7.18. The van der Waals surface area contributed by atoms with Crippen molar-refractivity contribution in [3.8, 4) is 0 Å². The molecule has 0 aliphatic heterocycles. The number of carbonyl (C=O) groups is 2. The number of ketones is 1. The fourth-order valence-electron chi connectivity index (χ4n) is 1.66. The Morgan fingerprint density at radius 3 is 2.83 bits per heavy atom. The second-order valence-corrected chi connectivity index (χ2v) is 7.82. The lowest BCUT2D eigenvalue weighted by molar-refractivity contribution is 0.0471. The standard InChI is InChI=1S/C15H17ClN2O3S2/c1-9(2)5-6-17-15-18-10(8-22-15)14(20)21-7-11(19)12-3-4-13(16)23-12/h3-4,8-9H,5-7H2,1-2H3,(H,17,18). The molecule has 0 fully saturated rings. The van der Waals surface area contributed by atoms with Gasteiger partial charge in [-0.05, 0) is 24.5 Å². The van der Waals surface area contributed by atoms with Crippen molar-refractivity contribution >= 4 is 51.2 Å². The van der Waals surface area contributed by atoms with Crippen molar-refractivity contribution in [1.82, 2.24) is 4.98 Å². The quantitative estimate of drug-likeness (QED) is 0.551. The molecule has 0 aromatic carbocycles. The number of aromatic nitrogens is 1. The predicted octanol–water partition coefficient (Wildman–Crippen LogP) is 4.36. The number of esters is 1. The summed E-state index contributed by atoms with van der Waals surface area (Å²) >= 11 is 8.27. The van der Waals surface area contributed by atoms with E-state index in [4.69, 9.17) is 16.3 Å². The highest BCUT2D eigenvalue weighted by Gasteiger charge is 2.16. The first-order valence-electron chi connectivity index (χ1n) is 7.10. The van der Waals surface area contributed by atoms with E-state index in [2.05, 4.69) is 24.1 Å². The Bertz CT molecular complexity index is 682.